The van der Waals surface area contributed by atoms with E-state index in [2.05, 4.69) is 23.6 Å². The van der Waals surface area contributed by atoms with E-state index < -0.39 is 0 Å². The van der Waals surface area contributed by atoms with Crippen LogP contribution in [0.25, 0.3) is 0 Å². The minimum atomic E-state index is -0.0954. The lowest BCUT2D eigenvalue weighted by molar-refractivity contribution is -0.120. The van der Waals surface area contributed by atoms with Crippen LogP contribution in [0.1, 0.15) is 31.7 Å². The van der Waals surface area contributed by atoms with Crippen molar-refractivity contribution >= 4 is 11.9 Å². The van der Waals surface area contributed by atoms with Crippen LogP contribution in [0.5, 0.6) is 5.75 Å². The molecule has 0 atom stereocenters. The maximum Gasteiger partial charge on any atom is 0.317 e. The minimum Gasteiger partial charge on any atom is -0.493 e. The fourth-order valence-corrected chi connectivity index (χ4v) is 2.62. The second-order valence-electron chi connectivity index (χ2n) is 5.88. The van der Waals surface area contributed by atoms with Gasteiger partial charge >= 0.3 is 6.03 Å². The van der Waals surface area contributed by atoms with Crippen LogP contribution in [0.4, 0.5) is 4.79 Å². The van der Waals surface area contributed by atoms with Gasteiger partial charge in [-0.15, -0.1) is 0 Å². The highest BCUT2D eigenvalue weighted by atomic mass is 16.5. The second kappa shape index (κ2) is 9.80. The Morgan fingerprint density at radius 1 is 1.33 bits per heavy atom. The summed E-state index contributed by atoms with van der Waals surface area (Å²) >= 11 is 0. The molecule has 3 amide bonds. The third kappa shape index (κ3) is 5.76. The van der Waals surface area contributed by atoms with Crippen LogP contribution in [0.3, 0.4) is 0 Å². The molecule has 6 heteroatoms. The third-order valence-electron chi connectivity index (χ3n) is 3.93. The Labute approximate surface area is 143 Å². The minimum absolute atomic E-state index is 0.00832. The molecule has 0 spiro atoms. The maximum atomic E-state index is 12.1. The van der Waals surface area contributed by atoms with Crippen molar-refractivity contribution in [2.24, 2.45) is 0 Å². The molecule has 1 aromatic rings. The molecule has 1 heterocycles. The van der Waals surface area contributed by atoms with Crippen molar-refractivity contribution in [2.45, 2.75) is 32.6 Å². The Morgan fingerprint density at radius 3 is 3.00 bits per heavy atom. The van der Waals surface area contributed by atoms with Crippen molar-refractivity contribution in [1.82, 2.24) is 15.5 Å². The number of ether oxygens (including phenoxy) is 1. The largest absolute Gasteiger partial charge is 0.493 e. The predicted molar refractivity (Wildman–Crippen MR) is 93.1 cm³/mol. The molecule has 1 saturated heterocycles. The number of amides is 3. The van der Waals surface area contributed by atoms with Gasteiger partial charge in [0, 0.05) is 32.6 Å². The highest BCUT2D eigenvalue weighted by molar-refractivity contribution is 5.79. The molecule has 0 aliphatic carbocycles. The molecule has 0 aromatic heterocycles. The van der Waals surface area contributed by atoms with Gasteiger partial charge in [0.25, 0.3) is 0 Å². The standard InChI is InChI=1S/C18H27N3O3/c1-2-14-24-16-8-4-3-6-15(16)7-5-10-20-18(23)21-12-9-17(22)19-11-13-21/h3-4,6,8H,2,5,7,9-14H2,1H3,(H,19,22)(H,20,23). The van der Waals surface area contributed by atoms with Crippen LogP contribution in [-0.4, -0.2) is 49.6 Å². The lowest BCUT2D eigenvalue weighted by atomic mass is 10.1. The number of nitrogens with one attached hydrogen (secondary N) is 2. The fourth-order valence-electron chi connectivity index (χ4n) is 2.62. The van der Waals surface area contributed by atoms with Gasteiger partial charge < -0.3 is 20.3 Å². The number of carbonyl (C=O) groups excluding carboxylic acids is 2. The van der Waals surface area contributed by atoms with Gasteiger partial charge in [-0.25, -0.2) is 4.79 Å². The summed E-state index contributed by atoms with van der Waals surface area (Å²) in [4.78, 5) is 25.1. The average molecular weight is 333 g/mol. The normalized spacial score (nSPS) is 14.7. The van der Waals surface area contributed by atoms with E-state index in [1.54, 1.807) is 4.90 Å². The van der Waals surface area contributed by atoms with E-state index in [1.807, 2.05) is 18.2 Å². The number of nitrogens with zero attached hydrogens (tertiary/aromatic N) is 1. The molecular formula is C18H27N3O3. The molecule has 1 aliphatic rings. The summed E-state index contributed by atoms with van der Waals surface area (Å²) in [6.45, 7) is 4.98. The molecule has 0 unspecified atom stereocenters. The summed E-state index contributed by atoms with van der Waals surface area (Å²) in [5.41, 5.74) is 1.17. The van der Waals surface area contributed by atoms with Gasteiger partial charge in [-0.05, 0) is 30.9 Å². The smallest absolute Gasteiger partial charge is 0.317 e. The molecule has 1 aliphatic heterocycles. The molecule has 24 heavy (non-hydrogen) atoms. The van der Waals surface area contributed by atoms with E-state index >= 15 is 0 Å². The van der Waals surface area contributed by atoms with Gasteiger partial charge in [0.15, 0.2) is 0 Å². The van der Waals surface area contributed by atoms with Crippen molar-refractivity contribution < 1.29 is 14.3 Å². The summed E-state index contributed by atoms with van der Waals surface area (Å²) in [5.74, 6) is 0.941. The Bertz CT molecular complexity index is 548. The Kier molecular flexibility index (Phi) is 7.39. The lowest BCUT2D eigenvalue weighted by Crippen LogP contribution is -2.42. The SMILES string of the molecule is CCCOc1ccccc1CCCNC(=O)N1CCNC(=O)CC1. The van der Waals surface area contributed by atoms with Gasteiger partial charge in [0.05, 0.1) is 6.61 Å². The predicted octanol–water partition coefficient (Wildman–Crippen LogP) is 1.94. The first-order chi connectivity index (χ1) is 11.7. The molecule has 132 valence electrons. The Morgan fingerprint density at radius 2 is 2.17 bits per heavy atom. The first-order valence-electron chi connectivity index (χ1n) is 8.71. The van der Waals surface area contributed by atoms with Crippen molar-refractivity contribution in [3.05, 3.63) is 29.8 Å². The van der Waals surface area contributed by atoms with Crippen LogP contribution in [0.2, 0.25) is 0 Å². The quantitative estimate of drug-likeness (QED) is 0.749. The van der Waals surface area contributed by atoms with Crippen LogP contribution in [-0.2, 0) is 11.2 Å². The number of aryl methyl sites for hydroxylation is 1. The van der Waals surface area contributed by atoms with Crippen molar-refractivity contribution in [3.63, 3.8) is 0 Å². The maximum absolute atomic E-state index is 12.1. The second-order valence-corrected chi connectivity index (χ2v) is 5.88. The number of urea groups is 1. The van der Waals surface area contributed by atoms with E-state index in [-0.39, 0.29) is 11.9 Å². The van der Waals surface area contributed by atoms with Crippen molar-refractivity contribution in [2.75, 3.05) is 32.8 Å². The highest BCUT2D eigenvalue weighted by Crippen LogP contribution is 2.19. The summed E-state index contributed by atoms with van der Waals surface area (Å²) < 4.78 is 5.75. The van der Waals surface area contributed by atoms with E-state index in [1.165, 1.54) is 5.56 Å². The zero-order chi connectivity index (χ0) is 17.2. The number of carbonyl (C=O) groups is 2. The van der Waals surface area contributed by atoms with Crippen LogP contribution in [0.15, 0.2) is 24.3 Å². The molecule has 1 fully saturated rings. The first-order valence-corrected chi connectivity index (χ1v) is 8.71. The topological polar surface area (TPSA) is 70.7 Å². The van der Waals surface area contributed by atoms with Crippen LogP contribution < -0.4 is 15.4 Å². The van der Waals surface area contributed by atoms with E-state index in [4.69, 9.17) is 4.74 Å². The summed E-state index contributed by atoms with van der Waals surface area (Å²) in [7, 11) is 0. The van der Waals surface area contributed by atoms with Gasteiger partial charge in [0.2, 0.25) is 5.91 Å². The fraction of sp³-hybridized carbons (Fsp3) is 0.556. The zero-order valence-electron chi connectivity index (χ0n) is 14.3. The molecule has 0 bridgehead atoms. The van der Waals surface area contributed by atoms with Crippen molar-refractivity contribution in [3.8, 4) is 5.75 Å². The number of benzene rings is 1. The summed E-state index contributed by atoms with van der Waals surface area (Å²) in [6, 6.07) is 7.95. The van der Waals surface area contributed by atoms with E-state index in [9.17, 15) is 9.59 Å². The molecule has 2 rings (SSSR count). The van der Waals surface area contributed by atoms with E-state index in [0.717, 1.165) is 31.6 Å². The Balaban J connectivity index is 1.72. The lowest BCUT2D eigenvalue weighted by Gasteiger charge is -2.20. The molecular weight excluding hydrogens is 306 g/mol. The molecule has 1 aromatic carbocycles. The van der Waals surface area contributed by atoms with E-state index in [0.29, 0.717) is 32.6 Å². The van der Waals surface area contributed by atoms with Gasteiger partial charge in [-0.1, -0.05) is 25.1 Å². The zero-order valence-corrected chi connectivity index (χ0v) is 14.3. The monoisotopic (exact) mass is 333 g/mol. The van der Waals surface area contributed by atoms with Crippen molar-refractivity contribution in [1.29, 1.82) is 0 Å². The number of rotatable bonds is 7. The number of para-hydroxylation sites is 1. The third-order valence-corrected chi connectivity index (χ3v) is 3.93. The molecule has 0 saturated carbocycles. The van der Waals surface area contributed by atoms with Gasteiger partial charge in [0.1, 0.15) is 5.75 Å². The number of hydrogen-bond acceptors (Lipinski definition) is 3. The van der Waals surface area contributed by atoms with Gasteiger partial charge in [-0.2, -0.15) is 0 Å². The summed E-state index contributed by atoms with van der Waals surface area (Å²) in [6.07, 6.45) is 3.07. The highest BCUT2D eigenvalue weighted by Gasteiger charge is 2.17. The Hall–Kier alpha value is -2.24. The van der Waals surface area contributed by atoms with Gasteiger partial charge in [-0.3, -0.25) is 4.79 Å². The van der Waals surface area contributed by atoms with Crippen LogP contribution in [0, 0.1) is 0 Å². The number of hydrogen-bond donors (Lipinski definition) is 2. The summed E-state index contributed by atoms with van der Waals surface area (Å²) in [5, 5.41) is 5.70. The van der Waals surface area contributed by atoms with Crippen LogP contribution >= 0.6 is 0 Å². The molecule has 0 radical (unpaired) electrons. The first kappa shape index (κ1) is 18.1. The molecule has 6 nitrogen and oxygen atoms in total. The average Bonchev–Trinajstić information content (AvgIpc) is 2.82. The molecule has 2 N–H and O–H groups in total.